The number of rotatable bonds is 3. The molecule has 2 aromatic rings. The predicted molar refractivity (Wildman–Crippen MR) is 101 cm³/mol. The van der Waals surface area contributed by atoms with E-state index in [-0.39, 0.29) is 16.7 Å². The molecule has 2 aliphatic rings. The molecule has 1 fully saturated rings. The van der Waals surface area contributed by atoms with Gasteiger partial charge in [0.15, 0.2) is 0 Å². The van der Waals surface area contributed by atoms with Gasteiger partial charge in [-0.2, -0.15) is 5.26 Å². The van der Waals surface area contributed by atoms with Crippen molar-refractivity contribution in [3.63, 3.8) is 0 Å². The van der Waals surface area contributed by atoms with Gasteiger partial charge in [0.25, 0.3) is 6.43 Å². The molecule has 0 saturated heterocycles. The van der Waals surface area contributed by atoms with Gasteiger partial charge in [-0.05, 0) is 58.2 Å². The Morgan fingerprint density at radius 3 is 2.81 bits per heavy atom. The summed E-state index contributed by atoms with van der Waals surface area (Å²) in [5.74, 6) is 0.494. The number of halogens is 3. The smallest absolute Gasteiger partial charge is 0.260 e. The van der Waals surface area contributed by atoms with Crippen LogP contribution in [0.4, 0.5) is 8.78 Å². The molecule has 1 saturated carbocycles. The number of hydrogen-bond donors (Lipinski definition) is 0. The molecule has 132 valence electrons. The number of hydrogen-bond acceptors (Lipinski definition) is 6. The predicted octanol–water partition coefficient (Wildman–Crippen LogP) is 5.43. The van der Waals surface area contributed by atoms with E-state index in [1.54, 1.807) is 6.07 Å². The highest BCUT2D eigenvalue weighted by molar-refractivity contribution is 9.10. The number of benzene rings is 1. The fraction of sp³-hybridized carbons (Fsp3) is 0.294. The van der Waals surface area contributed by atoms with Crippen molar-refractivity contribution < 1.29 is 8.78 Å². The van der Waals surface area contributed by atoms with Crippen molar-refractivity contribution in [2.24, 2.45) is 4.99 Å². The van der Waals surface area contributed by atoms with E-state index in [2.05, 4.69) is 26.1 Å². The molecule has 1 spiro atoms. The van der Waals surface area contributed by atoms with Gasteiger partial charge in [0, 0.05) is 16.9 Å². The highest BCUT2D eigenvalue weighted by Gasteiger charge is 2.49. The number of aromatic nitrogens is 2. The summed E-state index contributed by atoms with van der Waals surface area (Å²) < 4.78 is 27.2. The summed E-state index contributed by atoms with van der Waals surface area (Å²) in [6.07, 6.45) is -0.615. The lowest BCUT2D eigenvalue weighted by Gasteiger charge is -2.21. The fourth-order valence-electron chi connectivity index (χ4n) is 2.77. The average Bonchev–Trinajstić information content (AvgIpc) is 3.40. The van der Waals surface area contributed by atoms with Crippen LogP contribution in [0.1, 0.15) is 41.5 Å². The van der Waals surface area contributed by atoms with Gasteiger partial charge in [-0.25, -0.2) is 8.78 Å². The van der Waals surface area contributed by atoms with E-state index >= 15 is 0 Å². The van der Waals surface area contributed by atoms with Gasteiger partial charge in [-0.3, -0.25) is 4.99 Å². The molecule has 0 bridgehead atoms. The van der Waals surface area contributed by atoms with Crippen LogP contribution in [0.2, 0.25) is 0 Å². The number of nitriles is 1. The third-order valence-electron chi connectivity index (χ3n) is 4.30. The molecule has 0 N–H and O–H groups in total. The quantitative estimate of drug-likeness (QED) is 0.620. The average molecular weight is 453 g/mol. The van der Waals surface area contributed by atoms with Crippen LogP contribution in [-0.4, -0.2) is 14.6 Å². The normalized spacial score (nSPS) is 17.0. The van der Waals surface area contributed by atoms with Crippen molar-refractivity contribution in [3.05, 3.63) is 51.1 Å². The number of thioether (sulfide) groups is 2. The third-order valence-corrected chi connectivity index (χ3v) is 6.85. The minimum atomic E-state index is -2.58. The van der Waals surface area contributed by atoms with Gasteiger partial charge in [0.2, 0.25) is 0 Å². The van der Waals surface area contributed by atoms with Crippen LogP contribution < -0.4 is 0 Å². The van der Waals surface area contributed by atoms with Crippen LogP contribution in [0.25, 0.3) is 0 Å². The maximum Gasteiger partial charge on any atom is 0.263 e. The van der Waals surface area contributed by atoms with E-state index in [9.17, 15) is 14.0 Å². The SMILES string of the molecule is N#Cc1cc(C(F)F)ccc1CSC1=NC2(CC2)c2cc(Br)nnc2S1. The standard InChI is InChI=1S/C17H11BrF2N4S2/c18-13-6-12-15(24-23-13)26-16(22-17(12)3-4-17)25-8-10-2-1-9(14(19)20)5-11(10)7-21/h1-2,5-6,14H,3-4,8H2. The first-order valence-corrected chi connectivity index (χ1v) is 10.4. The maximum absolute atomic E-state index is 12.8. The van der Waals surface area contributed by atoms with Crippen LogP contribution in [0.15, 0.2) is 38.9 Å². The van der Waals surface area contributed by atoms with Crippen molar-refractivity contribution in [1.82, 2.24) is 10.2 Å². The molecule has 4 nitrogen and oxygen atoms in total. The fourth-order valence-corrected chi connectivity index (χ4v) is 5.32. The minimum absolute atomic E-state index is 0.133. The summed E-state index contributed by atoms with van der Waals surface area (Å²) in [4.78, 5) is 4.88. The Bertz CT molecular complexity index is 954. The maximum atomic E-state index is 12.8. The van der Waals surface area contributed by atoms with E-state index in [1.165, 1.54) is 35.7 Å². The largest absolute Gasteiger partial charge is 0.263 e. The molecular formula is C17H11BrF2N4S2. The summed E-state index contributed by atoms with van der Waals surface area (Å²) in [5.41, 5.74) is 1.78. The Balaban J connectivity index is 1.54. The van der Waals surface area contributed by atoms with E-state index < -0.39 is 6.43 Å². The summed E-state index contributed by atoms with van der Waals surface area (Å²) in [5, 5.41) is 18.4. The van der Waals surface area contributed by atoms with Gasteiger partial charge in [0.1, 0.15) is 14.0 Å². The molecule has 0 atom stereocenters. The van der Waals surface area contributed by atoms with E-state index in [0.29, 0.717) is 10.4 Å². The summed E-state index contributed by atoms with van der Waals surface area (Å²) >= 11 is 6.32. The number of aliphatic imine (C=N–C) groups is 1. The summed E-state index contributed by atoms with van der Waals surface area (Å²) in [6, 6.07) is 8.21. The number of fused-ring (bicyclic) bond motifs is 2. The molecular weight excluding hydrogens is 442 g/mol. The first-order chi connectivity index (χ1) is 12.5. The molecule has 4 rings (SSSR count). The Kier molecular flexibility index (Phi) is 4.75. The lowest BCUT2D eigenvalue weighted by atomic mass is 10.1. The van der Waals surface area contributed by atoms with Crippen LogP contribution in [0.3, 0.4) is 0 Å². The summed E-state index contributed by atoms with van der Waals surface area (Å²) in [6.45, 7) is 0. The Morgan fingerprint density at radius 1 is 1.31 bits per heavy atom. The first kappa shape index (κ1) is 17.9. The summed E-state index contributed by atoms with van der Waals surface area (Å²) in [7, 11) is 0. The van der Waals surface area contributed by atoms with Gasteiger partial charge in [-0.15, -0.1) is 10.2 Å². The molecule has 0 radical (unpaired) electrons. The van der Waals surface area contributed by atoms with Crippen molar-refractivity contribution in [3.8, 4) is 6.07 Å². The van der Waals surface area contributed by atoms with E-state index in [4.69, 9.17) is 4.99 Å². The van der Waals surface area contributed by atoms with Crippen molar-refractivity contribution in [2.75, 3.05) is 0 Å². The second kappa shape index (κ2) is 6.91. The molecule has 1 aromatic carbocycles. The molecule has 0 unspecified atom stereocenters. The molecule has 9 heteroatoms. The van der Waals surface area contributed by atoms with Gasteiger partial charge >= 0.3 is 0 Å². The second-order valence-corrected chi connectivity index (χ2v) is 9.03. The molecule has 1 aromatic heterocycles. The molecule has 2 heterocycles. The lowest BCUT2D eigenvalue weighted by Crippen LogP contribution is -2.14. The minimum Gasteiger partial charge on any atom is -0.260 e. The van der Waals surface area contributed by atoms with Crippen LogP contribution in [0, 0.1) is 11.3 Å². The highest BCUT2D eigenvalue weighted by atomic mass is 79.9. The van der Waals surface area contributed by atoms with Gasteiger partial charge in [-0.1, -0.05) is 23.9 Å². The Labute approximate surface area is 165 Å². The molecule has 1 aliphatic carbocycles. The zero-order valence-corrected chi connectivity index (χ0v) is 16.5. The van der Waals surface area contributed by atoms with Crippen molar-refractivity contribution in [2.45, 2.75) is 35.6 Å². The van der Waals surface area contributed by atoms with Crippen molar-refractivity contribution in [1.29, 1.82) is 5.26 Å². The lowest BCUT2D eigenvalue weighted by molar-refractivity contribution is 0.151. The molecule has 0 amide bonds. The Morgan fingerprint density at radius 2 is 2.12 bits per heavy atom. The molecule has 1 aliphatic heterocycles. The first-order valence-electron chi connectivity index (χ1n) is 7.76. The van der Waals surface area contributed by atoms with Crippen LogP contribution in [0.5, 0.6) is 0 Å². The monoisotopic (exact) mass is 452 g/mol. The van der Waals surface area contributed by atoms with E-state index in [1.807, 2.05) is 12.1 Å². The highest BCUT2D eigenvalue weighted by Crippen LogP contribution is 2.56. The Hall–Kier alpha value is -1.50. The van der Waals surface area contributed by atoms with E-state index in [0.717, 1.165) is 33.4 Å². The number of alkyl halides is 2. The topological polar surface area (TPSA) is 61.9 Å². The third kappa shape index (κ3) is 3.38. The second-order valence-electron chi connectivity index (χ2n) is 6.02. The zero-order valence-electron chi connectivity index (χ0n) is 13.2. The van der Waals surface area contributed by atoms with Gasteiger partial charge < -0.3 is 0 Å². The zero-order chi connectivity index (χ0) is 18.3. The van der Waals surface area contributed by atoms with Crippen LogP contribution >= 0.6 is 39.5 Å². The van der Waals surface area contributed by atoms with Gasteiger partial charge in [0.05, 0.1) is 17.2 Å². The van der Waals surface area contributed by atoms with Crippen molar-refractivity contribution >= 4 is 43.8 Å². The van der Waals surface area contributed by atoms with Crippen LogP contribution in [-0.2, 0) is 11.3 Å². The number of nitrogens with zero attached hydrogens (tertiary/aromatic N) is 4. The molecule has 26 heavy (non-hydrogen) atoms.